The van der Waals surface area contributed by atoms with Crippen LogP contribution in [0, 0.1) is 0 Å². The molecular weight excluding hydrogens is 300 g/mol. The van der Waals surface area contributed by atoms with E-state index in [4.69, 9.17) is 11.5 Å². The van der Waals surface area contributed by atoms with E-state index in [0.29, 0.717) is 6.42 Å². The monoisotopic (exact) mass is 320 g/mol. The van der Waals surface area contributed by atoms with E-state index < -0.39 is 18.0 Å². The Morgan fingerprint density at radius 3 is 2.52 bits per heavy atom. The number of benzene rings is 1. The molecule has 4 amide bonds. The van der Waals surface area contributed by atoms with E-state index in [9.17, 15) is 14.4 Å². The molecule has 0 saturated heterocycles. The highest BCUT2D eigenvalue weighted by Gasteiger charge is 2.20. The number of hydrogen-bond acceptors (Lipinski definition) is 5. The number of hydrogen-bond donors (Lipinski definition) is 5. The van der Waals surface area contributed by atoms with Crippen LogP contribution in [-0.2, 0) is 16.0 Å². The van der Waals surface area contributed by atoms with Gasteiger partial charge < -0.3 is 22.1 Å². The third kappa shape index (κ3) is 7.58. The van der Waals surface area contributed by atoms with Crippen LogP contribution in [0.5, 0.6) is 0 Å². The quantitative estimate of drug-likeness (QED) is 0.290. The molecule has 0 heterocycles. The molecule has 0 radical (unpaired) electrons. The first-order valence-corrected chi connectivity index (χ1v) is 6.91. The zero-order chi connectivity index (χ0) is 17.1. The molecule has 1 aromatic rings. The topological polar surface area (TPSA) is 152 Å². The van der Waals surface area contributed by atoms with Crippen LogP contribution in [-0.4, -0.2) is 43.2 Å². The maximum atomic E-state index is 12.2. The van der Waals surface area contributed by atoms with Crippen LogP contribution >= 0.6 is 0 Å². The molecule has 1 aromatic carbocycles. The zero-order valence-corrected chi connectivity index (χ0v) is 12.5. The van der Waals surface area contributed by atoms with E-state index in [2.05, 4.69) is 15.7 Å². The van der Waals surface area contributed by atoms with Crippen LogP contribution in [0.3, 0.4) is 0 Å². The van der Waals surface area contributed by atoms with Crippen LogP contribution in [0.2, 0.25) is 0 Å². The van der Waals surface area contributed by atoms with E-state index in [1.807, 2.05) is 35.8 Å². The number of nitrogens with one attached hydrogen (secondary N) is 3. The van der Waals surface area contributed by atoms with Gasteiger partial charge in [0.05, 0.1) is 13.1 Å². The number of carbonyl (C=O) groups excluding carboxylic acids is 3. The minimum absolute atomic E-state index is 0.0723. The summed E-state index contributed by atoms with van der Waals surface area (Å²) in [6.07, 6.45) is 1.60. The smallest absolute Gasteiger partial charge is 0.332 e. The molecule has 0 fully saturated rings. The summed E-state index contributed by atoms with van der Waals surface area (Å²) in [6, 6.07) is 7.70. The fourth-order valence-electron chi connectivity index (χ4n) is 1.74. The SMILES string of the molecule is NCC(=O)N[C@@H](Cc1ccccc1)C(=O)NCC=NNC(N)=O. The van der Waals surface area contributed by atoms with Crippen molar-refractivity contribution >= 4 is 24.1 Å². The summed E-state index contributed by atoms with van der Waals surface area (Å²) in [5.41, 5.74) is 13.0. The van der Waals surface area contributed by atoms with Gasteiger partial charge in [-0.25, -0.2) is 10.2 Å². The first kappa shape index (κ1) is 18.1. The van der Waals surface area contributed by atoms with Crippen molar-refractivity contribution in [3.8, 4) is 0 Å². The van der Waals surface area contributed by atoms with Gasteiger partial charge in [0.1, 0.15) is 6.04 Å². The lowest BCUT2D eigenvalue weighted by molar-refractivity contribution is -0.128. The molecule has 0 aromatic heterocycles. The Bertz CT molecular complexity index is 561. The fourth-order valence-corrected chi connectivity index (χ4v) is 1.74. The van der Waals surface area contributed by atoms with Gasteiger partial charge in [0.2, 0.25) is 11.8 Å². The molecule has 9 nitrogen and oxygen atoms in total. The van der Waals surface area contributed by atoms with Gasteiger partial charge in [0.25, 0.3) is 0 Å². The summed E-state index contributed by atoms with van der Waals surface area (Å²) >= 11 is 0. The van der Waals surface area contributed by atoms with Crippen molar-refractivity contribution in [2.75, 3.05) is 13.1 Å². The lowest BCUT2D eigenvalue weighted by atomic mass is 10.1. The van der Waals surface area contributed by atoms with Crippen LogP contribution in [0.4, 0.5) is 4.79 Å². The number of urea groups is 1. The summed E-state index contributed by atoms with van der Waals surface area (Å²) in [6.45, 7) is -0.133. The molecule has 0 unspecified atom stereocenters. The number of amides is 4. The molecule has 0 bridgehead atoms. The van der Waals surface area contributed by atoms with Gasteiger partial charge in [-0.2, -0.15) is 5.10 Å². The lowest BCUT2D eigenvalue weighted by Gasteiger charge is -2.17. The summed E-state index contributed by atoms with van der Waals surface area (Å²) in [5.74, 6) is -0.814. The number of primary amides is 1. The van der Waals surface area contributed by atoms with Gasteiger partial charge in [0.15, 0.2) is 0 Å². The highest BCUT2D eigenvalue weighted by molar-refractivity contribution is 5.89. The van der Waals surface area contributed by atoms with Crippen molar-refractivity contribution < 1.29 is 14.4 Å². The van der Waals surface area contributed by atoms with Gasteiger partial charge in [-0.05, 0) is 5.56 Å². The minimum Gasteiger partial charge on any atom is -0.350 e. The van der Waals surface area contributed by atoms with Crippen LogP contribution in [0.1, 0.15) is 5.56 Å². The van der Waals surface area contributed by atoms with Gasteiger partial charge in [0, 0.05) is 12.6 Å². The van der Waals surface area contributed by atoms with E-state index in [1.165, 1.54) is 6.21 Å². The summed E-state index contributed by atoms with van der Waals surface area (Å²) < 4.78 is 0. The Hall–Kier alpha value is -2.94. The average molecular weight is 320 g/mol. The standard InChI is InChI=1S/C14H20N6O3/c15-9-12(21)19-11(8-10-4-2-1-3-5-10)13(22)17-6-7-18-20-14(16)23/h1-5,7,11H,6,8-9,15H2,(H,17,22)(H,19,21)(H3,16,20,23)/t11-/m0/s1. The van der Waals surface area contributed by atoms with Gasteiger partial charge in [-0.3, -0.25) is 9.59 Å². The molecule has 0 saturated carbocycles. The number of hydrazone groups is 1. The number of nitrogens with zero attached hydrogens (tertiary/aromatic N) is 1. The third-order valence-corrected chi connectivity index (χ3v) is 2.75. The fraction of sp³-hybridized carbons (Fsp3) is 0.286. The molecule has 1 atom stereocenters. The second kappa shape index (κ2) is 9.90. The van der Waals surface area contributed by atoms with Crippen molar-refractivity contribution in [2.45, 2.75) is 12.5 Å². The van der Waals surface area contributed by atoms with Crippen LogP contribution < -0.4 is 27.5 Å². The van der Waals surface area contributed by atoms with E-state index in [1.54, 1.807) is 0 Å². The van der Waals surface area contributed by atoms with Crippen LogP contribution in [0.25, 0.3) is 0 Å². The molecule has 124 valence electrons. The number of nitrogens with two attached hydrogens (primary N) is 2. The largest absolute Gasteiger partial charge is 0.350 e. The molecule has 7 N–H and O–H groups in total. The predicted octanol–water partition coefficient (Wildman–Crippen LogP) is -1.56. The Morgan fingerprint density at radius 1 is 1.22 bits per heavy atom. The predicted molar refractivity (Wildman–Crippen MR) is 85.4 cm³/mol. The Morgan fingerprint density at radius 2 is 1.91 bits per heavy atom. The summed E-state index contributed by atoms with van der Waals surface area (Å²) in [5, 5.41) is 8.63. The van der Waals surface area contributed by atoms with Gasteiger partial charge in [-0.15, -0.1) is 0 Å². The van der Waals surface area contributed by atoms with Crippen molar-refractivity contribution in [3.63, 3.8) is 0 Å². The maximum Gasteiger partial charge on any atom is 0.332 e. The molecule has 0 spiro atoms. The molecule has 0 aliphatic heterocycles. The van der Waals surface area contributed by atoms with Gasteiger partial charge in [-0.1, -0.05) is 30.3 Å². The van der Waals surface area contributed by atoms with Crippen LogP contribution in [0.15, 0.2) is 35.4 Å². The third-order valence-electron chi connectivity index (χ3n) is 2.75. The van der Waals surface area contributed by atoms with Gasteiger partial charge >= 0.3 is 6.03 Å². The second-order valence-electron chi connectivity index (χ2n) is 4.55. The molecule has 0 aliphatic rings. The maximum absolute atomic E-state index is 12.2. The highest BCUT2D eigenvalue weighted by atomic mass is 16.2. The Kier molecular flexibility index (Phi) is 7.79. The molecule has 9 heteroatoms. The minimum atomic E-state index is -0.801. The normalized spacial score (nSPS) is 11.7. The molecule has 23 heavy (non-hydrogen) atoms. The number of carbonyl (C=O) groups is 3. The Balaban J connectivity index is 2.59. The van der Waals surface area contributed by atoms with E-state index in [0.717, 1.165) is 5.56 Å². The lowest BCUT2D eigenvalue weighted by Crippen LogP contribution is -2.50. The summed E-state index contributed by atoms with van der Waals surface area (Å²) in [4.78, 5) is 34.0. The molecular formula is C14H20N6O3. The molecule has 1 rings (SSSR count). The van der Waals surface area contributed by atoms with Crippen molar-refractivity contribution in [3.05, 3.63) is 35.9 Å². The zero-order valence-electron chi connectivity index (χ0n) is 12.5. The van der Waals surface area contributed by atoms with E-state index >= 15 is 0 Å². The first-order chi connectivity index (χ1) is 11.0. The number of rotatable bonds is 8. The second-order valence-corrected chi connectivity index (χ2v) is 4.55. The average Bonchev–Trinajstić information content (AvgIpc) is 2.54. The Labute approximate surface area is 133 Å². The first-order valence-electron chi connectivity index (χ1n) is 6.91. The van der Waals surface area contributed by atoms with Crippen molar-refractivity contribution in [1.29, 1.82) is 0 Å². The van der Waals surface area contributed by atoms with E-state index in [-0.39, 0.29) is 19.0 Å². The molecule has 0 aliphatic carbocycles. The van der Waals surface area contributed by atoms with Crippen molar-refractivity contribution in [2.24, 2.45) is 16.6 Å². The summed E-state index contributed by atoms with van der Waals surface area (Å²) in [7, 11) is 0. The highest BCUT2D eigenvalue weighted by Crippen LogP contribution is 2.03. The van der Waals surface area contributed by atoms with Crippen molar-refractivity contribution in [1.82, 2.24) is 16.1 Å².